The molecule has 0 bridgehead atoms. The van der Waals surface area contributed by atoms with Gasteiger partial charge in [-0.25, -0.2) is 4.68 Å². The van der Waals surface area contributed by atoms with Crippen LogP contribution in [-0.2, 0) is 6.54 Å². The maximum atomic E-state index is 5.53. The summed E-state index contributed by atoms with van der Waals surface area (Å²) in [6.45, 7) is 2.18. The van der Waals surface area contributed by atoms with E-state index in [0.717, 1.165) is 18.8 Å². The van der Waals surface area contributed by atoms with E-state index in [1.165, 1.54) is 4.88 Å². The summed E-state index contributed by atoms with van der Waals surface area (Å²) >= 11 is 1.75. The molecule has 5 nitrogen and oxygen atoms in total. The highest BCUT2D eigenvalue weighted by atomic mass is 32.1. The first-order chi connectivity index (χ1) is 10.4. The van der Waals surface area contributed by atoms with Gasteiger partial charge in [0.1, 0.15) is 12.9 Å². The molecule has 0 aliphatic rings. The fraction of sp³-hybridized carbons (Fsp3) is 0.200. The van der Waals surface area contributed by atoms with E-state index in [1.54, 1.807) is 22.3 Å². The average Bonchev–Trinajstić information content (AvgIpc) is 3.19. The predicted octanol–water partition coefficient (Wildman–Crippen LogP) is 2.50. The van der Waals surface area contributed by atoms with Crippen LogP contribution in [0, 0.1) is 0 Å². The minimum absolute atomic E-state index is 0.400. The van der Waals surface area contributed by atoms with Crippen molar-refractivity contribution in [3.05, 3.63) is 59.0 Å². The van der Waals surface area contributed by atoms with Crippen LogP contribution in [0.15, 0.2) is 54.2 Å². The largest absolute Gasteiger partial charge is 0.461 e. The first kappa shape index (κ1) is 13.8. The Morgan fingerprint density at radius 1 is 1.14 bits per heavy atom. The molecule has 0 unspecified atom stereocenters. The summed E-state index contributed by atoms with van der Waals surface area (Å²) < 4.78 is 7.23. The smallest absolute Gasteiger partial charge is 0.335 e. The maximum Gasteiger partial charge on any atom is 0.335 e. The first-order valence-electron chi connectivity index (χ1n) is 6.75. The molecule has 1 N–H and O–H groups in total. The first-order valence-corrected chi connectivity index (χ1v) is 7.63. The quantitative estimate of drug-likeness (QED) is 0.681. The fourth-order valence-electron chi connectivity index (χ4n) is 1.86. The molecule has 0 saturated heterocycles. The van der Waals surface area contributed by atoms with Gasteiger partial charge in [0.25, 0.3) is 0 Å². The monoisotopic (exact) mass is 300 g/mol. The van der Waals surface area contributed by atoms with E-state index < -0.39 is 0 Å². The third kappa shape index (κ3) is 3.90. The lowest BCUT2D eigenvalue weighted by Crippen LogP contribution is -2.20. The van der Waals surface area contributed by atoms with Crippen molar-refractivity contribution in [3.8, 4) is 11.7 Å². The van der Waals surface area contributed by atoms with E-state index in [4.69, 9.17) is 4.74 Å². The van der Waals surface area contributed by atoms with Gasteiger partial charge >= 0.3 is 6.01 Å². The molecule has 2 heterocycles. The highest BCUT2D eigenvalue weighted by molar-refractivity contribution is 7.09. The van der Waals surface area contributed by atoms with Crippen LogP contribution in [0.1, 0.15) is 4.88 Å². The highest BCUT2D eigenvalue weighted by Gasteiger charge is 2.03. The van der Waals surface area contributed by atoms with E-state index >= 15 is 0 Å². The number of nitrogens with one attached hydrogen (secondary N) is 1. The maximum absolute atomic E-state index is 5.53. The molecule has 21 heavy (non-hydrogen) atoms. The Kier molecular flexibility index (Phi) is 4.60. The van der Waals surface area contributed by atoms with E-state index in [9.17, 15) is 0 Å². The molecule has 0 saturated carbocycles. The van der Waals surface area contributed by atoms with Crippen molar-refractivity contribution in [2.24, 2.45) is 0 Å². The van der Waals surface area contributed by atoms with Crippen molar-refractivity contribution in [1.82, 2.24) is 20.1 Å². The standard InChI is InChI=1S/C15H16N4OS/c1-2-5-13(6-3-1)19-12-17-15(18-19)20-9-8-16-11-14-7-4-10-21-14/h1-7,10,12,16H,8-9,11H2. The van der Waals surface area contributed by atoms with Crippen molar-refractivity contribution in [2.75, 3.05) is 13.2 Å². The summed E-state index contributed by atoms with van der Waals surface area (Å²) in [5, 5.41) is 9.68. The number of para-hydroxylation sites is 1. The van der Waals surface area contributed by atoms with Crippen LogP contribution in [0.3, 0.4) is 0 Å². The number of hydrogen-bond donors (Lipinski definition) is 1. The molecule has 3 rings (SSSR count). The lowest BCUT2D eigenvalue weighted by Gasteiger charge is -2.03. The Hall–Kier alpha value is -2.18. The summed E-state index contributed by atoms with van der Waals surface area (Å²) in [6.07, 6.45) is 1.66. The molecule has 0 aliphatic carbocycles. The van der Waals surface area contributed by atoms with Gasteiger partial charge in [0.2, 0.25) is 0 Å². The zero-order valence-corrected chi connectivity index (χ0v) is 12.3. The fourth-order valence-corrected chi connectivity index (χ4v) is 2.53. The van der Waals surface area contributed by atoms with Gasteiger partial charge in [-0.2, -0.15) is 4.98 Å². The average molecular weight is 300 g/mol. The zero-order valence-electron chi connectivity index (χ0n) is 11.5. The van der Waals surface area contributed by atoms with Gasteiger partial charge in [-0.3, -0.25) is 0 Å². The van der Waals surface area contributed by atoms with Crippen LogP contribution in [-0.4, -0.2) is 27.9 Å². The van der Waals surface area contributed by atoms with Crippen molar-refractivity contribution >= 4 is 11.3 Å². The lowest BCUT2D eigenvalue weighted by atomic mass is 10.3. The summed E-state index contributed by atoms with van der Waals surface area (Å²) in [7, 11) is 0. The van der Waals surface area contributed by atoms with Crippen LogP contribution in [0.4, 0.5) is 0 Å². The van der Waals surface area contributed by atoms with E-state index in [2.05, 4.69) is 32.9 Å². The number of thiophene rings is 1. The Balaban J connectivity index is 1.43. The van der Waals surface area contributed by atoms with E-state index in [-0.39, 0.29) is 0 Å². The molecule has 2 aromatic heterocycles. The molecule has 0 aliphatic heterocycles. The van der Waals surface area contributed by atoms with Gasteiger partial charge < -0.3 is 10.1 Å². The molecule has 0 radical (unpaired) electrons. The molecule has 0 amide bonds. The van der Waals surface area contributed by atoms with Crippen molar-refractivity contribution in [3.63, 3.8) is 0 Å². The van der Waals surface area contributed by atoms with Crippen LogP contribution in [0.25, 0.3) is 5.69 Å². The topological polar surface area (TPSA) is 52.0 Å². The molecule has 108 valence electrons. The Labute approximate surface area is 127 Å². The minimum Gasteiger partial charge on any atom is -0.461 e. The Bertz CT molecular complexity index is 651. The summed E-state index contributed by atoms with van der Waals surface area (Å²) in [6, 6.07) is 14.4. The number of rotatable bonds is 7. The molecule has 0 atom stereocenters. The molecule has 0 fully saturated rings. The number of aromatic nitrogens is 3. The zero-order chi connectivity index (χ0) is 14.3. The van der Waals surface area contributed by atoms with Gasteiger partial charge in [-0.1, -0.05) is 24.3 Å². The summed E-state index contributed by atoms with van der Waals surface area (Å²) in [5.74, 6) is 0. The summed E-state index contributed by atoms with van der Waals surface area (Å²) in [4.78, 5) is 5.46. The van der Waals surface area contributed by atoms with Gasteiger partial charge in [0.15, 0.2) is 0 Å². The molecular formula is C15H16N4OS. The normalized spacial score (nSPS) is 10.7. The molecule has 6 heteroatoms. The van der Waals surface area contributed by atoms with Crippen LogP contribution in [0.2, 0.25) is 0 Å². The SMILES string of the molecule is c1ccc(-n2cnc(OCCNCc3cccs3)n2)cc1. The number of nitrogens with zero attached hydrogens (tertiary/aromatic N) is 3. The predicted molar refractivity (Wildman–Crippen MR) is 82.9 cm³/mol. The number of hydrogen-bond acceptors (Lipinski definition) is 5. The van der Waals surface area contributed by atoms with E-state index in [0.29, 0.717) is 12.6 Å². The molecule has 0 spiro atoms. The molecule has 3 aromatic rings. The third-order valence-electron chi connectivity index (χ3n) is 2.88. The van der Waals surface area contributed by atoms with Crippen molar-refractivity contribution < 1.29 is 4.74 Å². The van der Waals surface area contributed by atoms with Crippen LogP contribution in [0.5, 0.6) is 6.01 Å². The van der Waals surface area contributed by atoms with Gasteiger partial charge in [0.05, 0.1) is 5.69 Å². The Morgan fingerprint density at radius 3 is 2.86 bits per heavy atom. The van der Waals surface area contributed by atoms with Gasteiger partial charge in [-0.05, 0) is 23.6 Å². The van der Waals surface area contributed by atoms with Crippen LogP contribution < -0.4 is 10.1 Å². The lowest BCUT2D eigenvalue weighted by molar-refractivity contribution is 0.290. The highest BCUT2D eigenvalue weighted by Crippen LogP contribution is 2.08. The van der Waals surface area contributed by atoms with Crippen molar-refractivity contribution in [2.45, 2.75) is 6.54 Å². The van der Waals surface area contributed by atoms with Crippen molar-refractivity contribution in [1.29, 1.82) is 0 Å². The molecule has 1 aromatic carbocycles. The van der Waals surface area contributed by atoms with Crippen LogP contribution >= 0.6 is 11.3 Å². The minimum atomic E-state index is 0.400. The Morgan fingerprint density at radius 2 is 2.05 bits per heavy atom. The third-order valence-corrected chi connectivity index (χ3v) is 3.76. The van der Waals surface area contributed by atoms with E-state index in [1.807, 2.05) is 30.3 Å². The second kappa shape index (κ2) is 7.01. The second-order valence-corrected chi connectivity index (χ2v) is 5.44. The number of ether oxygens (including phenoxy) is 1. The summed E-state index contributed by atoms with van der Waals surface area (Å²) in [5.41, 5.74) is 0.968. The number of benzene rings is 1. The molecular weight excluding hydrogens is 284 g/mol. The second-order valence-electron chi connectivity index (χ2n) is 4.41. The van der Waals surface area contributed by atoms with Gasteiger partial charge in [-0.15, -0.1) is 16.4 Å². The van der Waals surface area contributed by atoms with Gasteiger partial charge in [0, 0.05) is 18.0 Å².